The molecule has 1 fully saturated rings. The summed E-state index contributed by atoms with van der Waals surface area (Å²) in [6.45, 7) is 10.2. The summed E-state index contributed by atoms with van der Waals surface area (Å²) in [5, 5.41) is 4.18. The number of rotatable bonds is 7. The smallest absolute Gasteiger partial charge is 0.0476 e. The third kappa shape index (κ3) is 6.23. The van der Waals surface area contributed by atoms with Crippen molar-refractivity contribution in [1.29, 1.82) is 0 Å². The first-order valence-corrected chi connectivity index (χ1v) is 6.94. The molecule has 88 valence electrons. The number of nitrogens with one attached hydrogen (secondary N) is 1. The molecule has 0 bridgehead atoms. The van der Waals surface area contributed by atoms with E-state index in [0.29, 0.717) is 0 Å². The molecule has 0 radical (unpaired) electrons. The molecule has 0 aromatic carbocycles. The minimum atomic E-state index is 0.793. The Hall–Kier alpha value is 0.01000. The first kappa shape index (κ1) is 13.1. The molecule has 1 aliphatic heterocycles. The molecule has 1 saturated heterocycles. The maximum absolute atomic E-state index is 5.34. The van der Waals surface area contributed by atoms with E-state index in [2.05, 4.69) is 18.8 Å². The molecule has 1 rings (SSSR count). The molecule has 0 amide bonds. The molecule has 0 spiro atoms. The summed E-state index contributed by atoms with van der Waals surface area (Å²) in [7, 11) is 0. The van der Waals surface area contributed by atoms with E-state index in [1.54, 1.807) is 0 Å². The lowest BCUT2D eigenvalue weighted by atomic mass is 10.2. The van der Waals surface area contributed by atoms with Crippen LogP contribution < -0.4 is 5.32 Å². The van der Waals surface area contributed by atoms with Crippen LogP contribution in [0.25, 0.3) is 0 Å². The van der Waals surface area contributed by atoms with Crippen LogP contribution >= 0.6 is 11.8 Å². The van der Waals surface area contributed by atoms with Crippen molar-refractivity contribution in [2.45, 2.75) is 31.4 Å². The van der Waals surface area contributed by atoms with Crippen LogP contribution in [-0.4, -0.2) is 37.3 Å². The van der Waals surface area contributed by atoms with Crippen molar-refractivity contribution in [2.75, 3.05) is 32.1 Å². The highest BCUT2D eigenvalue weighted by Gasteiger charge is 2.13. The number of thioether (sulfide) groups is 1. The van der Waals surface area contributed by atoms with E-state index in [4.69, 9.17) is 4.74 Å². The van der Waals surface area contributed by atoms with Crippen LogP contribution in [0.15, 0.2) is 12.2 Å². The summed E-state index contributed by atoms with van der Waals surface area (Å²) in [4.78, 5) is 0. The zero-order valence-electron chi connectivity index (χ0n) is 9.76. The Morgan fingerprint density at radius 3 is 2.87 bits per heavy atom. The van der Waals surface area contributed by atoms with Gasteiger partial charge >= 0.3 is 0 Å². The van der Waals surface area contributed by atoms with Gasteiger partial charge in [0.2, 0.25) is 0 Å². The van der Waals surface area contributed by atoms with Gasteiger partial charge in [-0.2, -0.15) is 11.8 Å². The lowest BCUT2D eigenvalue weighted by Gasteiger charge is -2.21. The van der Waals surface area contributed by atoms with E-state index in [1.807, 2.05) is 11.8 Å². The van der Waals surface area contributed by atoms with Crippen molar-refractivity contribution in [2.24, 2.45) is 0 Å². The second kappa shape index (κ2) is 8.20. The highest BCUT2D eigenvalue weighted by molar-refractivity contribution is 8.00. The molecule has 0 aromatic rings. The van der Waals surface area contributed by atoms with Crippen molar-refractivity contribution in [3.05, 3.63) is 12.2 Å². The summed E-state index contributed by atoms with van der Waals surface area (Å²) < 4.78 is 5.34. The van der Waals surface area contributed by atoms with E-state index in [0.717, 1.165) is 37.3 Å². The standard InChI is InChI=1S/C12H23NOS/c1-3-6-13-9-11(2)10-15-12-4-7-14-8-5-12/h12-13H,2-10H2,1H3. The Labute approximate surface area is 97.8 Å². The average Bonchev–Trinajstić information content (AvgIpc) is 2.28. The summed E-state index contributed by atoms with van der Waals surface area (Å²) in [5.41, 5.74) is 1.32. The first-order valence-electron chi connectivity index (χ1n) is 5.89. The SMILES string of the molecule is C=C(CNCCC)CSC1CCOCC1. The van der Waals surface area contributed by atoms with Gasteiger partial charge in [-0.3, -0.25) is 0 Å². The van der Waals surface area contributed by atoms with E-state index < -0.39 is 0 Å². The maximum atomic E-state index is 5.34. The minimum Gasteiger partial charge on any atom is -0.381 e. The van der Waals surface area contributed by atoms with Crippen LogP contribution in [0.3, 0.4) is 0 Å². The monoisotopic (exact) mass is 229 g/mol. The van der Waals surface area contributed by atoms with E-state index in [1.165, 1.54) is 24.8 Å². The fraction of sp³-hybridized carbons (Fsp3) is 0.833. The van der Waals surface area contributed by atoms with Gasteiger partial charge in [-0.15, -0.1) is 0 Å². The van der Waals surface area contributed by atoms with Gasteiger partial charge in [-0.25, -0.2) is 0 Å². The molecular weight excluding hydrogens is 206 g/mol. The van der Waals surface area contributed by atoms with Crippen molar-refractivity contribution >= 4 is 11.8 Å². The molecule has 0 aliphatic carbocycles. The molecule has 0 saturated carbocycles. The Bertz CT molecular complexity index is 178. The van der Waals surface area contributed by atoms with Crippen molar-refractivity contribution in [1.82, 2.24) is 5.32 Å². The number of ether oxygens (including phenoxy) is 1. The van der Waals surface area contributed by atoms with Crippen LogP contribution in [-0.2, 0) is 4.74 Å². The van der Waals surface area contributed by atoms with Gasteiger partial charge in [0.15, 0.2) is 0 Å². The maximum Gasteiger partial charge on any atom is 0.0476 e. The molecule has 1 heterocycles. The van der Waals surface area contributed by atoms with Crippen LogP contribution in [0.2, 0.25) is 0 Å². The van der Waals surface area contributed by atoms with Gasteiger partial charge in [-0.1, -0.05) is 19.1 Å². The zero-order valence-corrected chi connectivity index (χ0v) is 10.6. The highest BCUT2D eigenvalue weighted by Crippen LogP contribution is 2.23. The molecule has 0 aromatic heterocycles. The molecule has 0 unspecified atom stereocenters. The van der Waals surface area contributed by atoms with Crippen LogP contribution in [0.1, 0.15) is 26.2 Å². The molecule has 15 heavy (non-hydrogen) atoms. The molecule has 0 atom stereocenters. The lowest BCUT2D eigenvalue weighted by Crippen LogP contribution is -2.21. The first-order chi connectivity index (χ1) is 7.33. The second-order valence-electron chi connectivity index (χ2n) is 4.05. The van der Waals surface area contributed by atoms with E-state index in [-0.39, 0.29) is 0 Å². The van der Waals surface area contributed by atoms with Crippen molar-refractivity contribution in [3.8, 4) is 0 Å². The fourth-order valence-corrected chi connectivity index (χ4v) is 2.67. The summed E-state index contributed by atoms with van der Waals surface area (Å²) >= 11 is 2.04. The summed E-state index contributed by atoms with van der Waals surface area (Å²) in [5.74, 6) is 1.10. The molecule has 2 nitrogen and oxygen atoms in total. The van der Waals surface area contributed by atoms with Crippen LogP contribution in [0, 0.1) is 0 Å². The van der Waals surface area contributed by atoms with Gasteiger partial charge in [0.05, 0.1) is 0 Å². The Morgan fingerprint density at radius 2 is 2.20 bits per heavy atom. The van der Waals surface area contributed by atoms with Gasteiger partial charge in [0.1, 0.15) is 0 Å². The predicted molar refractivity (Wildman–Crippen MR) is 68.6 cm³/mol. The third-order valence-electron chi connectivity index (χ3n) is 2.49. The van der Waals surface area contributed by atoms with Crippen molar-refractivity contribution in [3.63, 3.8) is 0 Å². The topological polar surface area (TPSA) is 21.3 Å². The largest absolute Gasteiger partial charge is 0.381 e. The van der Waals surface area contributed by atoms with Gasteiger partial charge in [0, 0.05) is 30.8 Å². The quantitative estimate of drug-likeness (QED) is 0.535. The van der Waals surface area contributed by atoms with E-state index in [9.17, 15) is 0 Å². The normalized spacial score (nSPS) is 17.9. The summed E-state index contributed by atoms with van der Waals surface area (Å²) in [6.07, 6.45) is 3.61. The van der Waals surface area contributed by atoms with Crippen LogP contribution in [0.4, 0.5) is 0 Å². The van der Waals surface area contributed by atoms with E-state index >= 15 is 0 Å². The zero-order chi connectivity index (χ0) is 10.9. The number of hydrogen-bond acceptors (Lipinski definition) is 3. The van der Waals surface area contributed by atoms with Gasteiger partial charge in [-0.05, 0) is 25.8 Å². The fourth-order valence-electron chi connectivity index (χ4n) is 1.57. The lowest BCUT2D eigenvalue weighted by molar-refractivity contribution is 0.100. The molecule has 1 aliphatic rings. The Kier molecular flexibility index (Phi) is 7.14. The predicted octanol–water partition coefficient (Wildman–Crippen LogP) is 2.45. The molecule has 3 heteroatoms. The van der Waals surface area contributed by atoms with Gasteiger partial charge in [0.25, 0.3) is 0 Å². The minimum absolute atomic E-state index is 0.793. The average molecular weight is 229 g/mol. The number of hydrogen-bond donors (Lipinski definition) is 1. The van der Waals surface area contributed by atoms with Crippen molar-refractivity contribution < 1.29 is 4.74 Å². The molecule has 1 N–H and O–H groups in total. The summed E-state index contributed by atoms with van der Waals surface area (Å²) in [6, 6.07) is 0. The van der Waals surface area contributed by atoms with Gasteiger partial charge < -0.3 is 10.1 Å². The Balaban J connectivity index is 2.00. The van der Waals surface area contributed by atoms with Crippen LogP contribution in [0.5, 0.6) is 0 Å². The molecular formula is C12H23NOS. The second-order valence-corrected chi connectivity index (χ2v) is 5.34. The highest BCUT2D eigenvalue weighted by atomic mass is 32.2. The Morgan fingerprint density at radius 1 is 1.47 bits per heavy atom. The third-order valence-corrected chi connectivity index (χ3v) is 4.01.